The van der Waals surface area contributed by atoms with Crippen molar-refractivity contribution in [2.24, 2.45) is 0 Å². The molecule has 4 heteroatoms. The number of H-pyrrole nitrogens is 1. The van der Waals surface area contributed by atoms with Crippen LogP contribution >= 0.6 is 0 Å². The molecular formula is C13H14N2O2. The van der Waals surface area contributed by atoms with Crippen LogP contribution in [0.2, 0.25) is 0 Å². The van der Waals surface area contributed by atoms with E-state index in [1.54, 1.807) is 12.4 Å². The molecule has 0 aromatic carbocycles. The second-order valence-corrected chi connectivity index (χ2v) is 4.61. The lowest BCUT2D eigenvalue weighted by Gasteiger charge is -2.20. The Morgan fingerprint density at radius 1 is 1.59 bits per heavy atom. The van der Waals surface area contributed by atoms with Crippen molar-refractivity contribution >= 4 is 16.8 Å². The van der Waals surface area contributed by atoms with Gasteiger partial charge in [0.25, 0.3) is 0 Å². The van der Waals surface area contributed by atoms with E-state index in [1.807, 2.05) is 19.1 Å². The van der Waals surface area contributed by atoms with E-state index in [4.69, 9.17) is 4.74 Å². The lowest BCUT2D eigenvalue weighted by molar-refractivity contribution is 0.0215. The number of rotatable bonds is 2. The first kappa shape index (κ1) is 10.5. The van der Waals surface area contributed by atoms with Gasteiger partial charge in [0.1, 0.15) is 11.2 Å². The largest absolute Gasteiger partial charge is 0.367 e. The molecule has 0 amide bonds. The standard InChI is InChI=1S/C13H14N2O2/c1-13(5-3-7-17-13)11(16)10-8-15-12-9(10)4-2-6-14-12/h2,4,6,8H,3,5,7H2,1H3,(H,14,15). The molecule has 1 unspecified atom stereocenters. The molecule has 1 saturated heterocycles. The third-order valence-electron chi connectivity index (χ3n) is 3.39. The highest BCUT2D eigenvalue weighted by molar-refractivity contribution is 6.11. The van der Waals surface area contributed by atoms with Crippen molar-refractivity contribution in [3.8, 4) is 0 Å². The van der Waals surface area contributed by atoms with Crippen LogP contribution in [-0.2, 0) is 4.74 Å². The number of aromatic amines is 1. The summed E-state index contributed by atoms with van der Waals surface area (Å²) < 4.78 is 5.59. The van der Waals surface area contributed by atoms with E-state index in [0.29, 0.717) is 12.2 Å². The Labute approximate surface area is 99.0 Å². The molecule has 17 heavy (non-hydrogen) atoms. The van der Waals surface area contributed by atoms with Crippen molar-refractivity contribution < 1.29 is 9.53 Å². The van der Waals surface area contributed by atoms with Crippen molar-refractivity contribution in [2.75, 3.05) is 6.61 Å². The van der Waals surface area contributed by atoms with Gasteiger partial charge in [-0.05, 0) is 31.9 Å². The van der Waals surface area contributed by atoms with Gasteiger partial charge in [-0.15, -0.1) is 0 Å². The zero-order valence-electron chi connectivity index (χ0n) is 9.69. The number of pyridine rings is 1. The van der Waals surface area contributed by atoms with E-state index < -0.39 is 5.60 Å². The normalized spacial score (nSPS) is 24.3. The number of aromatic nitrogens is 2. The van der Waals surface area contributed by atoms with E-state index in [0.717, 1.165) is 23.9 Å². The lowest BCUT2D eigenvalue weighted by Crippen LogP contribution is -2.34. The van der Waals surface area contributed by atoms with Gasteiger partial charge in [-0.1, -0.05) is 0 Å². The first-order chi connectivity index (χ1) is 8.21. The summed E-state index contributed by atoms with van der Waals surface area (Å²) in [6.07, 6.45) is 5.18. The van der Waals surface area contributed by atoms with Gasteiger partial charge in [0.05, 0.1) is 0 Å². The Hall–Kier alpha value is -1.68. The number of nitrogens with zero attached hydrogens (tertiary/aromatic N) is 1. The van der Waals surface area contributed by atoms with Gasteiger partial charge in [-0.3, -0.25) is 4.79 Å². The molecule has 1 aliphatic heterocycles. The maximum atomic E-state index is 12.5. The summed E-state index contributed by atoms with van der Waals surface area (Å²) >= 11 is 0. The molecule has 1 fully saturated rings. The van der Waals surface area contributed by atoms with Crippen molar-refractivity contribution in [3.63, 3.8) is 0 Å². The van der Waals surface area contributed by atoms with E-state index in [9.17, 15) is 4.79 Å². The molecule has 3 heterocycles. The van der Waals surface area contributed by atoms with Crippen LogP contribution in [0, 0.1) is 0 Å². The predicted molar refractivity (Wildman–Crippen MR) is 64.0 cm³/mol. The van der Waals surface area contributed by atoms with Crippen LogP contribution in [-0.4, -0.2) is 28.0 Å². The van der Waals surface area contributed by atoms with E-state index in [-0.39, 0.29) is 5.78 Å². The second-order valence-electron chi connectivity index (χ2n) is 4.61. The average molecular weight is 230 g/mol. The summed E-state index contributed by atoms with van der Waals surface area (Å²) in [5, 5.41) is 0.870. The molecule has 0 saturated carbocycles. The fourth-order valence-corrected chi connectivity index (χ4v) is 2.39. The van der Waals surface area contributed by atoms with Crippen molar-refractivity contribution in [2.45, 2.75) is 25.4 Å². The van der Waals surface area contributed by atoms with Gasteiger partial charge in [-0.2, -0.15) is 0 Å². The number of hydrogen-bond acceptors (Lipinski definition) is 3. The maximum absolute atomic E-state index is 12.5. The van der Waals surface area contributed by atoms with Gasteiger partial charge in [0, 0.05) is 30.0 Å². The molecule has 1 N–H and O–H groups in total. The van der Waals surface area contributed by atoms with E-state index >= 15 is 0 Å². The number of carbonyl (C=O) groups is 1. The molecule has 88 valence electrons. The first-order valence-electron chi connectivity index (χ1n) is 5.81. The highest BCUT2D eigenvalue weighted by Gasteiger charge is 2.39. The predicted octanol–water partition coefficient (Wildman–Crippen LogP) is 2.31. The number of Topliss-reactive ketones (excluding diaryl/α,β-unsaturated/α-hetero) is 1. The van der Waals surface area contributed by atoms with Crippen LogP contribution in [0.4, 0.5) is 0 Å². The molecular weight excluding hydrogens is 216 g/mol. The minimum Gasteiger partial charge on any atom is -0.367 e. The fraction of sp³-hybridized carbons (Fsp3) is 0.385. The van der Waals surface area contributed by atoms with Gasteiger partial charge >= 0.3 is 0 Å². The summed E-state index contributed by atoms with van der Waals surface area (Å²) in [4.78, 5) is 19.7. The minimum atomic E-state index is -0.662. The minimum absolute atomic E-state index is 0.0502. The second kappa shape index (κ2) is 3.67. The summed E-state index contributed by atoms with van der Waals surface area (Å²) in [6, 6.07) is 3.75. The van der Waals surface area contributed by atoms with Crippen LogP contribution in [0.3, 0.4) is 0 Å². The monoisotopic (exact) mass is 230 g/mol. The summed E-state index contributed by atoms with van der Waals surface area (Å²) in [7, 11) is 0. The molecule has 0 bridgehead atoms. The summed E-state index contributed by atoms with van der Waals surface area (Å²) in [5.74, 6) is 0.0502. The van der Waals surface area contributed by atoms with Gasteiger partial charge < -0.3 is 9.72 Å². The number of ketones is 1. The first-order valence-corrected chi connectivity index (χ1v) is 5.81. The fourth-order valence-electron chi connectivity index (χ4n) is 2.39. The molecule has 0 aliphatic carbocycles. The van der Waals surface area contributed by atoms with Crippen molar-refractivity contribution in [3.05, 3.63) is 30.1 Å². The number of fused-ring (bicyclic) bond motifs is 1. The van der Waals surface area contributed by atoms with Crippen LogP contribution in [0.25, 0.3) is 11.0 Å². The molecule has 1 atom stereocenters. The summed E-state index contributed by atoms with van der Waals surface area (Å²) in [6.45, 7) is 2.54. The SMILES string of the molecule is CC1(C(=O)c2c[nH]c3ncccc23)CCCO1. The van der Waals surface area contributed by atoms with Crippen molar-refractivity contribution in [1.82, 2.24) is 9.97 Å². The smallest absolute Gasteiger partial charge is 0.196 e. The number of carbonyl (C=O) groups excluding carboxylic acids is 1. The average Bonchev–Trinajstić information content (AvgIpc) is 2.95. The Morgan fingerprint density at radius 2 is 2.47 bits per heavy atom. The lowest BCUT2D eigenvalue weighted by atomic mass is 9.92. The van der Waals surface area contributed by atoms with Crippen LogP contribution < -0.4 is 0 Å². The number of nitrogens with one attached hydrogen (secondary N) is 1. The van der Waals surface area contributed by atoms with Gasteiger partial charge in [-0.25, -0.2) is 4.98 Å². The molecule has 1 aliphatic rings. The Bertz CT molecular complexity index is 568. The number of ether oxygens (including phenoxy) is 1. The van der Waals surface area contributed by atoms with Crippen LogP contribution in [0.15, 0.2) is 24.5 Å². The molecule has 3 rings (SSSR count). The zero-order chi connectivity index (χ0) is 11.9. The van der Waals surface area contributed by atoms with Crippen molar-refractivity contribution in [1.29, 1.82) is 0 Å². The number of hydrogen-bond donors (Lipinski definition) is 1. The zero-order valence-corrected chi connectivity index (χ0v) is 9.69. The third kappa shape index (κ3) is 1.56. The summed E-state index contributed by atoms with van der Waals surface area (Å²) in [5.41, 5.74) is 0.764. The molecule has 0 radical (unpaired) electrons. The Kier molecular flexibility index (Phi) is 2.26. The van der Waals surface area contributed by atoms with Crippen LogP contribution in [0.5, 0.6) is 0 Å². The molecule has 2 aromatic rings. The molecule has 0 spiro atoms. The maximum Gasteiger partial charge on any atom is 0.196 e. The van der Waals surface area contributed by atoms with E-state index in [1.165, 1.54) is 0 Å². The topological polar surface area (TPSA) is 55.0 Å². The van der Waals surface area contributed by atoms with Gasteiger partial charge in [0.2, 0.25) is 0 Å². The Balaban J connectivity index is 2.07. The van der Waals surface area contributed by atoms with Gasteiger partial charge in [0.15, 0.2) is 5.78 Å². The molecule has 4 nitrogen and oxygen atoms in total. The Morgan fingerprint density at radius 3 is 3.24 bits per heavy atom. The third-order valence-corrected chi connectivity index (χ3v) is 3.39. The molecule has 2 aromatic heterocycles. The highest BCUT2D eigenvalue weighted by Crippen LogP contribution is 2.31. The quantitative estimate of drug-likeness (QED) is 0.805. The van der Waals surface area contributed by atoms with E-state index in [2.05, 4.69) is 9.97 Å². The van der Waals surface area contributed by atoms with Crippen LogP contribution in [0.1, 0.15) is 30.1 Å². The highest BCUT2D eigenvalue weighted by atomic mass is 16.5.